The molecule has 2 unspecified atom stereocenters. The quantitative estimate of drug-likeness (QED) is 0.658. The van der Waals surface area contributed by atoms with E-state index in [4.69, 9.17) is 5.11 Å². The van der Waals surface area contributed by atoms with Gasteiger partial charge in [-0.15, -0.1) is 5.10 Å². The van der Waals surface area contributed by atoms with Crippen molar-refractivity contribution in [3.8, 4) is 0 Å². The zero-order chi connectivity index (χ0) is 13.4. The van der Waals surface area contributed by atoms with Crippen LogP contribution >= 0.6 is 0 Å². The minimum absolute atomic E-state index is 0.165. The Hall–Kier alpha value is -0.790. The van der Waals surface area contributed by atoms with Crippen molar-refractivity contribution in [3.05, 3.63) is 11.9 Å². The highest BCUT2D eigenvalue weighted by Crippen LogP contribution is 1.98. The molecule has 0 radical (unpaired) electrons. The number of aromatic nitrogens is 3. The first-order chi connectivity index (χ1) is 8.61. The molecule has 0 aromatic carbocycles. The van der Waals surface area contributed by atoms with Crippen molar-refractivity contribution in [1.82, 2.24) is 20.3 Å². The number of rotatable bonds is 9. The monoisotopic (exact) mass is 274 g/mol. The molecule has 1 rings (SSSR count). The van der Waals surface area contributed by atoms with Gasteiger partial charge in [-0.2, -0.15) is 0 Å². The van der Waals surface area contributed by atoms with Crippen molar-refractivity contribution in [2.45, 2.75) is 38.9 Å². The largest absolute Gasteiger partial charge is 0.396 e. The Labute approximate surface area is 110 Å². The van der Waals surface area contributed by atoms with Crippen LogP contribution in [-0.4, -0.2) is 49.0 Å². The maximum absolute atomic E-state index is 11.0. The van der Waals surface area contributed by atoms with Gasteiger partial charge < -0.3 is 10.4 Å². The van der Waals surface area contributed by atoms with E-state index >= 15 is 0 Å². The first kappa shape index (κ1) is 15.3. The lowest BCUT2D eigenvalue weighted by atomic mass is 10.2. The van der Waals surface area contributed by atoms with Crippen molar-refractivity contribution in [3.63, 3.8) is 0 Å². The van der Waals surface area contributed by atoms with Gasteiger partial charge in [-0.1, -0.05) is 5.21 Å². The Bertz CT molecular complexity index is 370. The molecule has 0 saturated heterocycles. The molecule has 0 aliphatic heterocycles. The van der Waals surface area contributed by atoms with Crippen molar-refractivity contribution >= 4 is 10.8 Å². The molecule has 0 amide bonds. The van der Waals surface area contributed by atoms with Gasteiger partial charge in [0.25, 0.3) is 0 Å². The standard InChI is InChI=1S/C11H22N4O2S/c1-10(4-7-18(2)17)12-8-11-9-15(14-13-11)5-3-6-16/h9-10,12,16H,3-8H2,1-2H3. The number of aryl methyl sites for hydroxylation is 1. The van der Waals surface area contributed by atoms with Crippen LogP contribution in [0.2, 0.25) is 0 Å². The van der Waals surface area contributed by atoms with Crippen LogP contribution in [-0.2, 0) is 23.9 Å². The Kier molecular flexibility index (Phi) is 7.07. The first-order valence-corrected chi connectivity index (χ1v) is 7.88. The van der Waals surface area contributed by atoms with Crippen LogP contribution in [0.5, 0.6) is 0 Å². The van der Waals surface area contributed by atoms with E-state index in [1.807, 2.05) is 6.20 Å². The molecule has 104 valence electrons. The molecule has 6 nitrogen and oxygen atoms in total. The van der Waals surface area contributed by atoms with Crippen LogP contribution in [0.15, 0.2) is 6.20 Å². The van der Waals surface area contributed by atoms with Crippen LogP contribution in [0.25, 0.3) is 0 Å². The van der Waals surface area contributed by atoms with Crippen LogP contribution in [0.1, 0.15) is 25.5 Å². The number of aliphatic hydroxyl groups is 1. The van der Waals surface area contributed by atoms with Gasteiger partial charge in [-0.3, -0.25) is 8.89 Å². The molecule has 0 saturated carbocycles. The van der Waals surface area contributed by atoms with Crippen LogP contribution in [0.4, 0.5) is 0 Å². The molecule has 2 N–H and O–H groups in total. The Morgan fingerprint density at radius 3 is 3.06 bits per heavy atom. The number of nitrogens with zero attached hydrogens (tertiary/aromatic N) is 3. The molecule has 0 fully saturated rings. The second-order valence-electron chi connectivity index (χ2n) is 4.40. The van der Waals surface area contributed by atoms with Gasteiger partial charge in [0.1, 0.15) is 0 Å². The molecule has 1 heterocycles. The lowest BCUT2D eigenvalue weighted by Gasteiger charge is -2.11. The summed E-state index contributed by atoms with van der Waals surface area (Å²) in [4.78, 5) is 0. The van der Waals surface area contributed by atoms with Gasteiger partial charge in [0.15, 0.2) is 0 Å². The number of nitrogens with one attached hydrogen (secondary N) is 1. The van der Waals surface area contributed by atoms with Crippen molar-refractivity contribution in [1.29, 1.82) is 0 Å². The summed E-state index contributed by atoms with van der Waals surface area (Å²) in [7, 11) is -0.730. The van der Waals surface area contributed by atoms with Crippen molar-refractivity contribution < 1.29 is 9.32 Å². The summed E-state index contributed by atoms with van der Waals surface area (Å²) in [5, 5.41) is 20.1. The topological polar surface area (TPSA) is 80.0 Å². The summed E-state index contributed by atoms with van der Waals surface area (Å²) in [5.74, 6) is 0.720. The second-order valence-corrected chi connectivity index (χ2v) is 5.95. The molecule has 2 atom stereocenters. The lowest BCUT2D eigenvalue weighted by molar-refractivity contribution is 0.276. The summed E-state index contributed by atoms with van der Waals surface area (Å²) < 4.78 is 12.7. The van der Waals surface area contributed by atoms with Crippen molar-refractivity contribution in [2.24, 2.45) is 0 Å². The minimum Gasteiger partial charge on any atom is -0.396 e. The molecular weight excluding hydrogens is 252 g/mol. The molecule has 1 aromatic rings. The number of hydrogen-bond donors (Lipinski definition) is 2. The summed E-state index contributed by atoms with van der Waals surface area (Å²) in [6.07, 6.45) is 5.18. The highest BCUT2D eigenvalue weighted by atomic mass is 32.2. The Balaban J connectivity index is 2.25. The Morgan fingerprint density at radius 2 is 2.39 bits per heavy atom. The van der Waals surface area contributed by atoms with E-state index in [0.717, 1.165) is 17.9 Å². The molecule has 0 spiro atoms. The van der Waals surface area contributed by atoms with Crippen LogP contribution in [0.3, 0.4) is 0 Å². The normalized spacial score (nSPS) is 14.6. The third-order valence-corrected chi connectivity index (χ3v) is 3.41. The molecular formula is C11H22N4O2S. The molecule has 7 heteroatoms. The highest BCUT2D eigenvalue weighted by Gasteiger charge is 2.05. The predicted octanol–water partition coefficient (Wildman–Crippen LogP) is -0.0928. The van der Waals surface area contributed by atoms with E-state index in [9.17, 15) is 4.21 Å². The lowest BCUT2D eigenvalue weighted by Crippen LogP contribution is -2.27. The average molecular weight is 274 g/mol. The fraction of sp³-hybridized carbons (Fsp3) is 0.818. The van der Waals surface area contributed by atoms with Gasteiger partial charge in [0, 0.05) is 54.7 Å². The average Bonchev–Trinajstić information content (AvgIpc) is 2.79. The minimum atomic E-state index is -0.730. The van der Waals surface area contributed by atoms with Crippen molar-refractivity contribution in [2.75, 3.05) is 18.6 Å². The van der Waals surface area contributed by atoms with Crippen LogP contribution < -0.4 is 5.32 Å². The van der Waals surface area contributed by atoms with Gasteiger partial charge in [-0.25, -0.2) is 0 Å². The molecule has 0 aliphatic rings. The maximum Gasteiger partial charge on any atom is 0.0964 e. The van der Waals surface area contributed by atoms with E-state index in [-0.39, 0.29) is 6.61 Å². The summed E-state index contributed by atoms with van der Waals surface area (Å²) in [6, 6.07) is 0.316. The van der Waals surface area contributed by atoms with E-state index < -0.39 is 10.8 Å². The third kappa shape index (κ3) is 6.23. The fourth-order valence-corrected chi connectivity index (χ4v) is 2.17. The van der Waals surface area contributed by atoms with Crippen LogP contribution in [0, 0.1) is 0 Å². The van der Waals surface area contributed by atoms with E-state index in [0.29, 0.717) is 25.6 Å². The van der Waals surface area contributed by atoms with E-state index in [1.54, 1.807) is 10.9 Å². The SMILES string of the molecule is CC(CCS(C)=O)NCc1cn(CCCO)nn1. The fourth-order valence-electron chi connectivity index (χ4n) is 1.49. The molecule has 0 aliphatic carbocycles. The second kappa shape index (κ2) is 8.34. The number of hydrogen-bond acceptors (Lipinski definition) is 5. The van der Waals surface area contributed by atoms with Gasteiger partial charge in [0.2, 0.25) is 0 Å². The smallest absolute Gasteiger partial charge is 0.0964 e. The third-order valence-electron chi connectivity index (χ3n) is 2.60. The zero-order valence-corrected chi connectivity index (χ0v) is 11.8. The predicted molar refractivity (Wildman–Crippen MR) is 71.6 cm³/mol. The highest BCUT2D eigenvalue weighted by molar-refractivity contribution is 7.84. The van der Waals surface area contributed by atoms with E-state index in [2.05, 4.69) is 22.6 Å². The zero-order valence-electron chi connectivity index (χ0n) is 11.0. The maximum atomic E-state index is 11.0. The van der Waals surface area contributed by atoms with Gasteiger partial charge >= 0.3 is 0 Å². The Morgan fingerprint density at radius 1 is 1.61 bits per heavy atom. The summed E-state index contributed by atoms with van der Waals surface area (Å²) in [6.45, 7) is 3.59. The van der Waals surface area contributed by atoms with E-state index in [1.165, 1.54) is 0 Å². The first-order valence-electron chi connectivity index (χ1n) is 6.15. The molecule has 18 heavy (non-hydrogen) atoms. The van der Waals surface area contributed by atoms with Gasteiger partial charge in [0.05, 0.1) is 5.69 Å². The summed E-state index contributed by atoms with van der Waals surface area (Å²) >= 11 is 0. The molecule has 0 bridgehead atoms. The van der Waals surface area contributed by atoms with Gasteiger partial charge in [-0.05, 0) is 19.8 Å². The molecule has 1 aromatic heterocycles. The summed E-state index contributed by atoms with van der Waals surface area (Å²) in [5.41, 5.74) is 0.886. The number of aliphatic hydroxyl groups excluding tert-OH is 1.